The highest BCUT2D eigenvalue weighted by Gasteiger charge is 2.24. The Balaban J connectivity index is 2.24. The van der Waals surface area contributed by atoms with Gasteiger partial charge in [0.2, 0.25) is 0 Å². The Morgan fingerprint density at radius 3 is 2.92 bits per heavy atom. The second-order valence-corrected chi connectivity index (χ2v) is 2.93. The molecule has 0 aromatic heterocycles. The first kappa shape index (κ1) is 7.62. The smallest absolute Gasteiger partial charge is 0.124 e. The van der Waals surface area contributed by atoms with Gasteiger partial charge in [-0.1, -0.05) is 18.2 Å². The van der Waals surface area contributed by atoms with Crippen molar-refractivity contribution < 1.29 is 4.74 Å². The summed E-state index contributed by atoms with van der Waals surface area (Å²) in [5.41, 5.74) is 1.29. The molecular formula is C10H13NO. The van der Waals surface area contributed by atoms with E-state index in [0.29, 0.717) is 6.04 Å². The van der Waals surface area contributed by atoms with Gasteiger partial charge in [-0.15, -0.1) is 0 Å². The summed E-state index contributed by atoms with van der Waals surface area (Å²) in [4.78, 5) is 0. The minimum atomic E-state index is 0.535. The van der Waals surface area contributed by atoms with E-state index in [1.54, 1.807) is 0 Å². The monoisotopic (exact) mass is 163 g/mol. The zero-order valence-electron chi connectivity index (χ0n) is 7.21. The quantitative estimate of drug-likeness (QED) is 0.688. The van der Waals surface area contributed by atoms with Gasteiger partial charge in [-0.2, -0.15) is 0 Å². The van der Waals surface area contributed by atoms with Crippen molar-refractivity contribution in [3.8, 4) is 5.75 Å². The van der Waals surface area contributed by atoms with Gasteiger partial charge >= 0.3 is 0 Å². The summed E-state index contributed by atoms with van der Waals surface area (Å²) in [6.07, 6.45) is 0. The number of benzene rings is 1. The Labute approximate surface area is 72.5 Å². The van der Waals surface area contributed by atoms with Crippen molar-refractivity contribution in [1.29, 1.82) is 0 Å². The third kappa shape index (κ3) is 1.43. The van der Waals surface area contributed by atoms with Gasteiger partial charge in [0.15, 0.2) is 0 Å². The Morgan fingerprint density at radius 1 is 1.50 bits per heavy atom. The summed E-state index contributed by atoms with van der Waals surface area (Å²) in [6, 6.07) is 8.75. The third-order valence-electron chi connectivity index (χ3n) is 2.00. The molecule has 1 atom stereocenters. The molecule has 1 aromatic carbocycles. The summed E-state index contributed by atoms with van der Waals surface area (Å²) in [5.74, 6) is 1.02. The molecule has 1 aromatic rings. The molecule has 0 bridgehead atoms. The van der Waals surface area contributed by atoms with Gasteiger partial charge in [-0.05, 0) is 13.0 Å². The van der Waals surface area contributed by atoms with E-state index in [4.69, 9.17) is 4.74 Å². The average Bonchev–Trinajstić information content (AvgIpc) is 2.89. The van der Waals surface area contributed by atoms with Crippen LogP contribution in [0.3, 0.4) is 0 Å². The molecule has 2 rings (SSSR count). The van der Waals surface area contributed by atoms with Gasteiger partial charge in [-0.25, -0.2) is 0 Å². The molecule has 1 heterocycles. The van der Waals surface area contributed by atoms with Crippen molar-refractivity contribution in [2.45, 2.75) is 13.0 Å². The van der Waals surface area contributed by atoms with Crippen molar-refractivity contribution in [2.75, 3.05) is 13.2 Å². The number of hydrogen-bond acceptors (Lipinski definition) is 2. The standard InChI is InChI=1S/C10H13NO/c1-2-12-10-6-4-3-5-8(10)9-7-11-9/h3-6,9,11H,2,7H2,1H3/t9-/m1/s1. The first-order valence-corrected chi connectivity index (χ1v) is 4.37. The maximum absolute atomic E-state index is 5.50. The number of nitrogens with one attached hydrogen (secondary N) is 1. The largest absolute Gasteiger partial charge is 0.494 e. The topological polar surface area (TPSA) is 31.2 Å². The molecule has 0 radical (unpaired) electrons. The molecule has 0 spiro atoms. The Kier molecular flexibility index (Phi) is 2.00. The van der Waals surface area contributed by atoms with Crippen LogP contribution >= 0.6 is 0 Å². The molecule has 1 N–H and O–H groups in total. The Hall–Kier alpha value is -1.02. The van der Waals surface area contributed by atoms with E-state index in [2.05, 4.69) is 17.4 Å². The molecule has 64 valence electrons. The highest BCUT2D eigenvalue weighted by atomic mass is 16.5. The zero-order chi connectivity index (χ0) is 8.39. The highest BCUT2D eigenvalue weighted by Crippen LogP contribution is 2.29. The normalized spacial score (nSPS) is 20.6. The van der Waals surface area contributed by atoms with Crippen molar-refractivity contribution in [2.24, 2.45) is 0 Å². The van der Waals surface area contributed by atoms with Crippen LogP contribution in [-0.2, 0) is 0 Å². The second kappa shape index (κ2) is 3.15. The summed E-state index contributed by atoms with van der Waals surface area (Å²) >= 11 is 0. The lowest BCUT2D eigenvalue weighted by molar-refractivity contribution is 0.336. The second-order valence-electron chi connectivity index (χ2n) is 2.93. The molecule has 1 aliphatic heterocycles. The van der Waals surface area contributed by atoms with Gasteiger partial charge in [0, 0.05) is 18.2 Å². The van der Waals surface area contributed by atoms with E-state index in [-0.39, 0.29) is 0 Å². The van der Waals surface area contributed by atoms with Crippen LogP contribution in [0.1, 0.15) is 18.5 Å². The van der Waals surface area contributed by atoms with Crippen LogP contribution in [0.15, 0.2) is 24.3 Å². The minimum Gasteiger partial charge on any atom is -0.494 e. The number of ether oxygens (including phenoxy) is 1. The first-order chi connectivity index (χ1) is 5.92. The fourth-order valence-corrected chi connectivity index (χ4v) is 1.33. The number of para-hydroxylation sites is 1. The van der Waals surface area contributed by atoms with Crippen LogP contribution in [0.4, 0.5) is 0 Å². The predicted molar refractivity (Wildman–Crippen MR) is 48.4 cm³/mol. The van der Waals surface area contributed by atoms with Crippen LogP contribution in [0.25, 0.3) is 0 Å². The summed E-state index contributed by atoms with van der Waals surface area (Å²) in [5, 5.41) is 3.27. The summed E-state index contributed by atoms with van der Waals surface area (Å²) < 4.78 is 5.50. The zero-order valence-corrected chi connectivity index (χ0v) is 7.21. The van der Waals surface area contributed by atoms with Crippen LogP contribution in [0.5, 0.6) is 5.75 Å². The molecule has 2 heteroatoms. The maximum atomic E-state index is 5.50. The van der Waals surface area contributed by atoms with E-state index in [1.807, 2.05) is 19.1 Å². The average molecular weight is 163 g/mol. The van der Waals surface area contributed by atoms with Gasteiger partial charge in [-0.3, -0.25) is 0 Å². The molecule has 1 saturated heterocycles. The van der Waals surface area contributed by atoms with Gasteiger partial charge in [0.1, 0.15) is 5.75 Å². The SMILES string of the molecule is CCOc1ccccc1[C@H]1CN1. The molecule has 12 heavy (non-hydrogen) atoms. The van der Waals surface area contributed by atoms with E-state index in [0.717, 1.165) is 18.9 Å². The fourth-order valence-electron chi connectivity index (χ4n) is 1.33. The predicted octanol–water partition coefficient (Wildman–Crippen LogP) is 1.73. The van der Waals surface area contributed by atoms with E-state index in [1.165, 1.54) is 5.56 Å². The van der Waals surface area contributed by atoms with Gasteiger partial charge in [0.25, 0.3) is 0 Å². The lowest BCUT2D eigenvalue weighted by Gasteiger charge is -2.07. The van der Waals surface area contributed by atoms with Crippen molar-refractivity contribution in [3.63, 3.8) is 0 Å². The lowest BCUT2D eigenvalue weighted by atomic mass is 10.1. The molecule has 1 fully saturated rings. The van der Waals surface area contributed by atoms with E-state index in [9.17, 15) is 0 Å². The Morgan fingerprint density at radius 2 is 2.25 bits per heavy atom. The van der Waals surface area contributed by atoms with Crippen LogP contribution in [-0.4, -0.2) is 13.2 Å². The molecule has 0 aliphatic carbocycles. The molecule has 0 unspecified atom stereocenters. The molecular weight excluding hydrogens is 150 g/mol. The highest BCUT2D eigenvalue weighted by molar-refractivity contribution is 5.38. The van der Waals surface area contributed by atoms with Crippen LogP contribution < -0.4 is 10.1 Å². The molecule has 2 nitrogen and oxygen atoms in total. The molecule has 1 aliphatic rings. The maximum Gasteiger partial charge on any atom is 0.124 e. The van der Waals surface area contributed by atoms with Crippen molar-refractivity contribution >= 4 is 0 Å². The minimum absolute atomic E-state index is 0.535. The van der Waals surface area contributed by atoms with E-state index < -0.39 is 0 Å². The summed E-state index contributed by atoms with van der Waals surface area (Å²) in [7, 11) is 0. The fraction of sp³-hybridized carbons (Fsp3) is 0.400. The number of hydrogen-bond donors (Lipinski definition) is 1. The Bertz CT molecular complexity index is 268. The van der Waals surface area contributed by atoms with Crippen molar-refractivity contribution in [1.82, 2.24) is 5.32 Å². The number of rotatable bonds is 3. The molecule has 0 amide bonds. The first-order valence-electron chi connectivity index (χ1n) is 4.37. The van der Waals surface area contributed by atoms with E-state index >= 15 is 0 Å². The van der Waals surface area contributed by atoms with Crippen LogP contribution in [0, 0.1) is 0 Å². The van der Waals surface area contributed by atoms with Gasteiger partial charge < -0.3 is 10.1 Å². The third-order valence-corrected chi connectivity index (χ3v) is 2.00. The van der Waals surface area contributed by atoms with Crippen molar-refractivity contribution in [3.05, 3.63) is 29.8 Å². The summed E-state index contributed by atoms with van der Waals surface area (Å²) in [6.45, 7) is 3.84. The van der Waals surface area contributed by atoms with Gasteiger partial charge in [0.05, 0.1) is 6.61 Å². The van der Waals surface area contributed by atoms with Crippen LogP contribution in [0.2, 0.25) is 0 Å². The lowest BCUT2D eigenvalue weighted by Crippen LogP contribution is -1.96. The molecule has 0 saturated carbocycles.